The van der Waals surface area contributed by atoms with Gasteiger partial charge in [-0.05, 0) is 35.4 Å². The van der Waals surface area contributed by atoms with E-state index < -0.39 is 0 Å². The Labute approximate surface area is 136 Å². The van der Waals surface area contributed by atoms with E-state index in [1.807, 2.05) is 55.5 Å². The topological polar surface area (TPSA) is 37.3 Å². The molecule has 0 aliphatic carbocycles. The molecule has 0 saturated heterocycles. The van der Waals surface area contributed by atoms with Gasteiger partial charge in [-0.25, -0.2) is 0 Å². The van der Waals surface area contributed by atoms with Crippen LogP contribution in [-0.2, 0) is 12.8 Å². The average molecular weight is 304 g/mol. The molecule has 0 atom stereocenters. The van der Waals surface area contributed by atoms with Crippen LogP contribution in [0, 0.1) is 0 Å². The summed E-state index contributed by atoms with van der Waals surface area (Å²) in [5, 5.41) is 12.0. The number of carbonyl (C=O) groups is 1. The van der Waals surface area contributed by atoms with E-state index in [9.17, 15) is 9.90 Å². The molecule has 3 rings (SSSR count). The molecule has 0 fully saturated rings. The smallest absolute Gasteiger partial charge is 0.193 e. The predicted molar refractivity (Wildman–Crippen MR) is 94.2 cm³/mol. The lowest BCUT2D eigenvalue weighted by molar-refractivity contribution is 0.103. The Morgan fingerprint density at radius 1 is 0.913 bits per heavy atom. The molecule has 0 bridgehead atoms. The molecule has 3 aromatic rings. The van der Waals surface area contributed by atoms with Gasteiger partial charge < -0.3 is 5.11 Å². The number of phenols is 1. The lowest BCUT2D eigenvalue weighted by Gasteiger charge is -2.13. The summed E-state index contributed by atoms with van der Waals surface area (Å²) >= 11 is 0. The summed E-state index contributed by atoms with van der Waals surface area (Å²) in [6.07, 6.45) is 1.69. The molecule has 0 unspecified atom stereocenters. The second-order valence-electron chi connectivity index (χ2n) is 5.70. The van der Waals surface area contributed by atoms with Gasteiger partial charge >= 0.3 is 0 Å². The largest absolute Gasteiger partial charge is 0.507 e. The minimum absolute atomic E-state index is 0.0365. The lowest BCUT2D eigenvalue weighted by Crippen LogP contribution is -2.06. The molecule has 0 saturated carbocycles. The number of aromatic hydroxyl groups is 1. The third-order valence-corrected chi connectivity index (χ3v) is 4.36. The van der Waals surface area contributed by atoms with Gasteiger partial charge in [-0.15, -0.1) is 0 Å². The van der Waals surface area contributed by atoms with Crippen LogP contribution < -0.4 is 0 Å². The van der Waals surface area contributed by atoms with Crippen LogP contribution in [0.1, 0.15) is 40.9 Å². The molecule has 0 aliphatic heterocycles. The fourth-order valence-corrected chi connectivity index (χ4v) is 3.05. The first kappa shape index (κ1) is 15.3. The maximum absolute atomic E-state index is 12.9. The monoisotopic (exact) mass is 304 g/mol. The maximum Gasteiger partial charge on any atom is 0.193 e. The minimum Gasteiger partial charge on any atom is -0.507 e. The van der Waals surface area contributed by atoms with E-state index in [0.29, 0.717) is 11.1 Å². The number of aryl methyl sites for hydroxylation is 2. The lowest BCUT2D eigenvalue weighted by atomic mass is 9.91. The fraction of sp³-hybridized carbons (Fsp3) is 0.190. The predicted octanol–water partition coefficient (Wildman–Crippen LogP) is 4.90. The number of hydrogen-bond acceptors (Lipinski definition) is 2. The molecule has 0 amide bonds. The number of phenolic OH excluding ortho intramolecular Hbond substituents is 1. The van der Waals surface area contributed by atoms with E-state index in [-0.39, 0.29) is 11.5 Å². The Hall–Kier alpha value is -2.61. The van der Waals surface area contributed by atoms with Gasteiger partial charge in [-0.2, -0.15) is 0 Å². The van der Waals surface area contributed by atoms with E-state index in [1.165, 1.54) is 5.56 Å². The third kappa shape index (κ3) is 2.72. The zero-order valence-electron chi connectivity index (χ0n) is 13.5. The molecule has 1 N–H and O–H groups in total. The molecule has 2 nitrogen and oxygen atoms in total. The first-order valence-electron chi connectivity index (χ1n) is 8.03. The Morgan fingerprint density at radius 3 is 2.17 bits per heavy atom. The standard InChI is InChI=1S/C21H20O2/c1-3-14-9-11-15(12-10-14)21(23)19-13-20(22)18-8-6-5-7-17(18)16(19)4-2/h5-13,22H,3-4H2,1-2H3. The van der Waals surface area contributed by atoms with Gasteiger partial charge in [0.2, 0.25) is 0 Å². The second kappa shape index (κ2) is 6.25. The molecule has 0 spiro atoms. The maximum atomic E-state index is 12.9. The van der Waals surface area contributed by atoms with Crippen LogP contribution in [0.25, 0.3) is 10.8 Å². The van der Waals surface area contributed by atoms with Gasteiger partial charge in [0.05, 0.1) is 0 Å². The summed E-state index contributed by atoms with van der Waals surface area (Å²) in [4.78, 5) is 12.9. The molecule has 116 valence electrons. The van der Waals surface area contributed by atoms with Crippen LogP contribution in [-0.4, -0.2) is 10.9 Å². The van der Waals surface area contributed by atoms with Crippen molar-refractivity contribution in [2.24, 2.45) is 0 Å². The van der Waals surface area contributed by atoms with Gasteiger partial charge in [-0.3, -0.25) is 4.79 Å². The van der Waals surface area contributed by atoms with Crippen molar-refractivity contribution in [2.75, 3.05) is 0 Å². The minimum atomic E-state index is -0.0365. The highest BCUT2D eigenvalue weighted by molar-refractivity contribution is 6.13. The van der Waals surface area contributed by atoms with E-state index in [2.05, 4.69) is 6.92 Å². The molecule has 0 aliphatic rings. The number of carbonyl (C=O) groups excluding carboxylic acids is 1. The third-order valence-electron chi connectivity index (χ3n) is 4.36. The summed E-state index contributed by atoms with van der Waals surface area (Å²) in [5.41, 5.74) is 3.45. The molecular weight excluding hydrogens is 284 g/mol. The summed E-state index contributed by atoms with van der Waals surface area (Å²) in [6.45, 7) is 4.13. The molecule has 0 radical (unpaired) electrons. The van der Waals surface area contributed by atoms with Gasteiger partial charge in [0.1, 0.15) is 5.75 Å². The van der Waals surface area contributed by atoms with Crippen LogP contribution in [0.2, 0.25) is 0 Å². The van der Waals surface area contributed by atoms with Gasteiger partial charge in [0.25, 0.3) is 0 Å². The molecule has 23 heavy (non-hydrogen) atoms. The molecule has 0 aromatic heterocycles. The Kier molecular flexibility index (Phi) is 4.16. The summed E-state index contributed by atoms with van der Waals surface area (Å²) in [6, 6.07) is 17.0. The average Bonchev–Trinajstić information content (AvgIpc) is 2.61. The number of hydrogen-bond donors (Lipinski definition) is 1. The van der Waals surface area contributed by atoms with Crippen LogP contribution in [0.3, 0.4) is 0 Å². The van der Waals surface area contributed by atoms with Crippen molar-refractivity contribution in [3.63, 3.8) is 0 Å². The highest BCUT2D eigenvalue weighted by Crippen LogP contribution is 2.32. The highest BCUT2D eigenvalue weighted by atomic mass is 16.3. The van der Waals surface area contributed by atoms with Gasteiger partial charge in [-0.1, -0.05) is 62.4 Å². The Balaban J connectivity index is 2.16. The Morgan fingerprint density at radius 2 is 1.57 bits per heavy atom. The first-order valence-corrected chi connectivity index (χ1v) is 8.03. The van der Waals surface area contributed by atoms with Crippen molar-refractivity contribution in [3.8, 4) is 5.75 Å². The van der Waals surface area contributed by atoms with Crippen LogP contribution in [0.5, 0.6) is 5.75 Å². The molecular formula is C21H20O2. The van der Waals surface area contributed by atoms with Crippen molar-refractivity contribution in [1.29, 1.82) is 0 Å². The van der Waals surface area contributed by atoms with Crippen molar-refractivity contribution in [2.45, 2.75) is 26.7 Å². The van der Waals surface area contributed by atoms with E-state index >= 15 is 0 Å². The summed E-state index contributed by atoms with van der Waals surface area (Å²) < 4.78 is 0. The zero-order chi connectivity index (χ0) is 16.4. The van der Waals surface area contributed by atoms with E-state index in [1.54, 1.807) is 6.07 Å². The molecule has 0 heterocycles. The van der Waals surface area contributed by atoms with Gasteiger partial charge in [0, 0.05) is 16.5 Å². The summed E-state index contributed by atoms with van der Waals surface area (Å²) in [5.74, 6) is 0.122. The number of fused-ring (bicyclic) bond motifs is 1. The zero-order valence-corrected chi connectivity index (χ0v) is 13.5. The van der Waals surface area contributed by atoms with Crippen molar-refractivity contribution >= 4 is 16.6 Å². The Bertz CT molecular complexity index is 861. The quantitative estimate of drug-likeness (QED) is 0.696. The van der Waals surface area contributed by atoms with E-state index in [0.717, 1.165) is 29.2 Å². The number of benzene rings is 3. The normalized spacial score (nSPS) is 10.9. The number of rotatable bonds is 4. The van der Waals surface area contributed by atoms with Crippen LogP contribution in [0.4, 0.5) is 0 Å². The second-order valence-corrected chi connectivity index (χ2v) is 5.70. The van der Waals surface area contributed by atoms with Crippen molar-refractivity contribution < 1.29 is 9.90 Å². The first-order chi connectivity index (χ1) is 11.2. The highest BCUT2D eigenvalue weighted by Gasteiger charge is 2.17. The molecule has 2 heteroatoms. The fourth-order valence-electron chi connectivity index (χ4n) is 3.05. The molecule has 3 aromatic carbocycles. The van der Waals surface area contributed by atoms with Gasteiger partial charge in [0.15, 0.2) is 5.78 Å². The van der Waals surface area contributed by atoms with Crippen LogP contribution >= 0.6 is 0 Å². The summed E-state index contributed by atoms with van der Waals surface area (Å²) in [7, 11) is 0. The van der Waals surface area contributed by atoms with Crippen molar-refractivity contribution in [1.82, 2.24) is 0 Å². The SMILES string of the molecule is CCc1ccc(C(=O)c2cc(O)c3ccccc3c2CC)cc1. The van der Waals surface area contributed by atoms with Crippen molar-refractivity contribution in [3.05, 3.63) is 76.9 Å². The number of ketones is 1. The van der Waals surface area contributed by atoms with E-state index in [4.69, 9.17) is 0 Å². The van der Waals surface area contributed by atoms with Crippen LogP contribution in [0.15, 0.2) is 54.6 Å².